The van der Waals surface area contributed by atoms with Crippen molar-refractivity contribution in [3.8, 4) is 17.2 Å². The van der Waals surface area contributed by atoms with E-state index in [1.807, 2.05) is 25.1 Å². The molecule has 0 aliphatic carbocycles. The quantitative estimate of drug-likeness (QED) is 0.695. The van der Waals surface area contributed by atoms with Crippen molar-refractivity contribution in [1.29, 1.82) is 0 Å². The van der Waals surface area contributed by atoms with Gasteiger partial charge in [0.1, 0.15) is 17.2 Å². The summed E-state index contributed by atoms with van der Waals surface area (Å²) in [4.78, 5) is 24.1. The first-order chi connectivity index (χ1) is 13.0. The van der Waals surface area contributed by atoms with E-state index in [-0.39, 0.29) is 0 Å². The van der Waals surface area contributed by atoms with Gasteiger partial charge in [-0.25, -0.2) is 0 Å². The lowest BCUT2D eigenvalue weighted by molar-refractivity contribution is -0.135. The highest BCUT2D eigenvalue weighted by molar-refractivity contribution is 5.86. The number of amides is 2. The summed E-state index contributed by atoms with van der Waals surface area (Å²) >= 11 is 0. The minimum Gasteiger partial charge on any atom is -0.494 e. The maximum absolute atomic E-state index is 12.1. The van der Waals surface area contributed by atoms with E-state index in [9.17, 15) is 9.59 Å². The van der Waals surface area contributed by atoms with Crippen molar-refractivity contribution in [2.75, 3.05) is 6.61 Å². The van der Waals surface area contributed by atoms with Crippen molar-refractivity contribution in [3.05, 3.63) is 54.6 Å². The molecule has 0 saturated heterocycles. The van der Waals surface area contributed by atoms with Crippen molar-refractivity contribution < 1.29 is 23.8 Å². The molecule has 0 unspecified atom stereocenters. The molecule has 0 heterocycles. The Morgan fingerprint density at radius 2 is 1.22 bits per heavy atom. The second-order valence-electron chi connectivity index (χ2n) is 5.72. The number of rotatable bonds is 8. The van der Waals surface area contributed by atoms with Gasteiger partial charge in [0.2, 0.25) is 0 Å². The summed E-state index contributed by atoms with van der Waals surface area (Å²) in [6, 6.07) is 15.9. The Morgan fingerprint density at radius 1 is 0.778 bits per heavy atom. The van der Waals surface area contributed by atoms with Gasteiger partial charge in [-0.1, -0.05) is 18.2 Å². The summed E-state index contributed by atoms with van der Waals surface area (Å²) in [5.74, 6) is 0.859. The van der Waals surface area contributed by atoms with E-state index in [4.69, 9.17) is 14.2 Å². The lowest BCUT2D eigenvalue weighted by Gasteiger charge is -2.18. The molecule has 0 radical (unpaired) electrons. The third-order valence-corrected chi connectivity index (χ3v) is 3.55. The monoisotopic (exact) mass is 372 g/mol. The summed E-state index contributed by atoms with van der Waals surface area (Å²) in [5.41, 5.74) is 4.66. The van der Waals surface area contributed by atoms with Crippen LogP contribution in [0.25, 0.3) is 0 Å². The predicted molar refractivity (Wildman–Crippen MR) is 101 cm³/mol. The largest absolute Gasteiger partial charge is 0.494 e. The molecule has 0 aliphatic rings. The van der Waals surface area contributed by atoms with Gasteiger partial charge in [0.15, 0.2) is 12.2 Å². The van der Waals surface area contributed by atoms with Crippen LogP contribution < -0.4 is 25.1 Å². The van der Waals surface area contributed by atoms with Crippen LogP contribution >= 0.6 is 0 Å². The second-order valence-corrected chi connectivity index (χ2v) is 5.72. The molecule has 0 aliphatic heterocycles. The number of benzene rings is 2. The zero-order chi connectivity index (χ0) is 19.6. The summed E-state index contributed by atoms with van der Waals surface area (Å²) in [7, 11) is 0. The smallest absolute Gasteiger partial charge is 0.279 e. The Labute approximate surface area is 158 Å². The molecular formula is C20H24N2O5. The zero-order valence-electron chi connectivity index (χ0n) is 15.6. The Balaban J connectivity index is 1.77. The van der Waals surface area contributed by atoms with Gasteiger partial charge in [0.05, 0.1) is 6.61 Å². The normalized spacial score (nSPS) is 12.4. The van der Waals surface area contributed by atoms with Gasteiger partial charge in [-0.2, -0.15) is 0 Å². The highest BCUT2D eigenvalue weighted by atomic mass is 16.5. The maximum atomic E-state index is 12.1. The third-order valence-electron chi connectivity index (χ3n) is 3.55. The summed E-state index contributed by atoms with van der Waals surface area (Å²) in [6.45, 7) is 5.65. The number of carbonyl (C=O) groups excluding carboxylic acids is 2. The van der Waals surface area contributed by atoms with Gasteiger partial charge in [-0.05, 0) is 57.2 Å². The molecule has 2 N–H and O–H groups in total. The molecule has 0 aromatic heterocycles. The van der Waals surface area contributed by atoms with E-state index in [1.54, 1.807) is 50.2 Å². The topological polar surface area (TPSA) is 85.9 Å². The van der Waals surface area contributed by atoms with Crippen molar-refractivity contribution >= 4 is 11.8 Å². The molecule has 0 fully saturated rings. The van der Waals surface area contributed by atoms with Crippen molar-refractivity contribution in [1.82, 2.24) is 10.9 Å². The highest BCUT2D eigenvalue weighted by Crippen LogP contribution is 2.18. The Morgan fingerprint density at radius 3 is 1.70 bits per heavy atom. The average molecular weight is 372 g/mol. The molecule has 0 bridgehead atoms. The first kappa shape index (κ1) is 20.1. The highest BCUT2D eigenvalue weighted by Gasteiger charge is 2.19. The number of hydrogen-bond donors (Lipinski definition) is 2. The summed E-state index contributed by atoms with van der Waals surface area (Å²) in [5, 5.41) is 0. The molecule has 2 aromatic rings. The van der Waals surface area contributed by atoms with E-state index in [0.717, 1.165) is 5.75 Å². The number of para-hydroxylation sites is 1. The summed E-state index contributed by atoms with van der Waals surface area (Å²) in [6.07, 6.45) is -1.57. The minimum atomic E-state index is -0.798. The molecule has 2 atom stereocenters. The van der Waals surface area contributed by atoms with Crippen LogP contribution in [0.5, 0.6) is 17.2 Å². The summed E-state index contributed by atoms with van der Waals surface area (Å²) < 4.78 is 16.4. The van der Waals surface area contributed by atoms with Gasteiger partial charge < -0.3 is 14.2 Å². The standard InChI is InChI=1S/C20H24N2O5/c1-4-25-16-10-12-18(13-11-16)27-15(3)20(24)22-21-19(23)14(2)26-17-8-6-5-7-9-17/h5-15H,4H2,1-3H3,(H,21,23)(H,22,24)/t14-,15-/m0/s1. The first-order valence-electron chi connectivity index (χ1n) is 8.70. The molecule has 2 rings (SSSR count). The lowest BCUT2D eigenvalue weighted by atomic mass is 10.3. The number of carbonyl (C=O) groups is 2. The number of hydrazine groups is 1. The van der Waals surface area contributed by atoms with Crippen molar-refractivity contribution in [3.63, 3.8) is 0 Å². The molecule has 2 amide bonds. The number of nitrogens with one attached hydrogen (secondary N) is 2. The molecule has 7 heteroatoms. The average Bonchev–Trinajstić information content (AvgIpc) is 2.68. The molecule has 2 aromatic carbocycles. The maximum Gasteiger partial charge on any atom is 0.279 e. The van der Waals surface area contributed by atoms with E-state index < -0.39 is 24.0 Å². The predicted octanol–water partition coefficient (Wildman–Crippen LogP) is 2.47. The van der Waals surface area contributed by atoms with Gasteiger partial charge in [-0.15, -0.1) is 0 Å². The molecule has 0 spiro atoms. The van der Waals surface area contributed by atoms with Crippen LogP contribution in [-0.2, 0) is 9.59 Å². The van der Waals surface area contributed by atoms with E-state index >= 15 is 0 Å². The molecular weight excluding hydrogens is 348 g/mol. The van der Waals surface area contributed by atoms with Crippen LogP contribution in [-0.4, -0.2) is 30.6 Å². The molecule has 144 valence electrons. The van der Waals surface area contributed by atoms with Gasteiger partial charge in [0, 0.05) is 0 Å². The van der Waals surface area contributed by atoms with Gasteiger partial charge >= 0.3 is 0 Å². The zero-order valence-corrected chi connectivity index (χ0v) is 15.6. The second kappa shape index (κ2) is 10.1. The van der Waals surface area contributed by atoms with Crippen LogP contribution in [0.2, 0.25) is 0 Å². The van der Waals surface area contributed by atoms with Crippen molar-refractivity contribution in [2.24, 2.45) is 0 Å². The molecule has 27 heavy (non-hydrogen) atoms. The Hall–Kier alpha value is -3.22. The fourth-order valence-corrected chi connectivity index (χ4v) is 2.12. The van der Waals surface area contributed by atoms with Gasteiger partial charge in [-0.3, -0.25) is 20.4 Å². The van der Waals surface area contributed by atoms with E-state index in [0.29, 0.717) is 18.1 Å². The van der Waals surface area contributed by atoms with Crippen LogP contribution in [0.4, 0.5) is 0 Å². The Bertz CT molecular complexity index is 734. The minimum absolute atomic E-state index is 0.472. The Kier molecular flexibility index (Phi) is 7.49. The van der Waals surface area contributed by atoms with Crippen LogP contribution in [0.15, 0.2) is 54.6 Å². The molecule has 0 saturated carbocycles. The number of ether oxygens (including phenoxy) is 3. The van der Waals surface area contributed by atoms with Gasteiger partial charge in [0.25, 0.3) is 11.8 Å². The molecule has 7 nitrogen and oxygen atoms in total. The number of hydrogen-bond acceptors (Lipinski definition) is 5. The first-order valence-corrected chi connectivity index (χ1v) is 8.70. The lowest BCUT2D eigenvalue weighted by Crippen LogP contribution is -2.50. The SMILES string of the molecule is CCOc1ccc(O[C@@H](C)C(=O)NNC(=O)[C@H](C)Oc2ccccc2)cc1. The van der Waals surface area contributed by atoms with Crippen LogP contribution in [0.3, 0.4) is 0 Å². The van der Waals surface area contributed by atoms with E-state index in [1.165, 1.54) is 0 Å². The fourth-order valence-electron chi connectivity index (χ4n) is 2.12. The van der Waals surface area contributed by atoms with Crippen molar-refractivity contribution in [2.45, 2.75) is 33.0 Å². The van der Waals surface area contributed by atoms with Crippen LogP contribution in [0.1, 0.15) is 20.8 Å². The fraction of sp³-hybridized carbons (Fsp3) is 0.300. The van der Waals surface area contributed by atoms with Crippen LogP contribution in [0, 0.1) is 0 Å². The van der Waals surface area contributed by atoms with E-state index in [2.05, 4.69) is 10.9 Å². The third kappa shape index (κ3) is 6.54.